The van der Waals surface area contributed by atoms with Crippen molar-refractivity contribution in [3.05, 3.63) is 29.3 Å². The average molecular weight is 222 g/mol. The molecule has 0 heterocycles. The quantitative estimate of drug-likeness (QED) is 0.680. The molecule has 0 aliphatic carbocycles. The molecule has 1 aromatic carbocycles. The number of anilines is 1. The molecule has 3 N–H and O–H groups in total. The Bertz CT molecular complexity index is 364. The first-order valence-electron chi connectivity index (χ1n) is 5.36. The van der Waals surface area contributed by atoms with Crippen LogP contribution in [0.4, 0.5) is 10.5 Å². The van der Waals surface area contributed by atoms with Crippen LogP contribution in [-0.4, -0.2) is 24.3 Å². The lowest BCUT2D eigenvalue weighted by Crippen LogP contribution is -2.29. The van der Waals surface area contributed by atoms with Crippen LogP contribution in [0, 0.1) is 13.8 Å². The van der Waals surface area contributed by atoms with Crippen LogP contribution in [0.2, 0.25) is 0 Å². The Labute approximate surface area is 95.7 Å². The molecule has 0 spiro atoms. The average Bonchev–Trinajstić information content (AvgIpc) is 2.24. The Morgan fingerprint density at radius 3 is 2.69 bits per heavy atom. The van der Waals surface area contributed by atoms with Crippen molar-refractivity contribution < 1.29 is 9.90 Å². The summed E-state index contributed by atoms with van der Waals surface area (Å²) in [6.07, 6.45) is 0.570. The molecule has 0 atom stereocenters. The summed E-state index contributed by atoms with van der Waals surface area (Å²) in [6.45, 7) is 4.60. The van der Waals surface area contributed by atoms with Crippen LogP contribution in [0.25, 0.3) is 0 Å². The SMILES string of the molecule is Cc1ccc(NC(=O)NCCCO)cc1C. The molecule has 1 aromatic rings. The minimum Gasteiger partial charge on any atom is -0.396 e. The van der Waals surface area contributed by atoms with E-state index in [1.165, 1.54) is 5.56 Å². The number of carbonyl (C=O) groups is 1. The third kappa shape index (κ3) is 3.90. The van der Waals surface area contributed by atoms with Gasteiger partial charge in [-0.05, 0) is 43.5 Å². The number of urea groups is 1. The molecular weight excluding hydrogens is 204 g/mol. The van der Waals surface area contributed by atoms with E-state index in [1.54, 1.807) is 0 Å². The Hall–Kier alpha value is -1.55. The summed E-state index contributed by atoms with van der Waals surface area (Å²) in [5.41, 5.74) is 3.13. The molecule has 16 heavy (non-hydrogen) atoms. The summed E-state index contributed by atoms with van der Waals surface area (Å²) in [6, 6.07) is 5.53. The molecule has 0 radical (unpaired) electrons. The van der Waals surface area contributed by atoms with E-state index >= 15 is 0 Å². The molecule has 0 saturated carbocycles. The van der Waals surface area contributed by atoms with E-state index in [1.807, 2.05) is 32.0 Å². The summed E-state index contributed by atoms with van der Waals surface area (Å²) in [5, 5.41) is 14.0. The first kappa shape index (κ1) is 12.5. The van der Waals surface area contributed by atoms with Crippen molar-refractivity contribution in [1.82, 2.24) is 5.32 Å². The highest BCUT2D eigenvalue weighted by molar-refractivity contribution is 5.89. The molecule has 0 bridgehead atoms. The zero-order valence-electron chi connectivity index (χ0n) is 9.71. The van der Waals surface area contributed by atoms with Crippen molar-refractivity contribution >= 4 is 11.7 Å². The van der Waals surface area contributed by atoms with E-state index in [-0.39, 0.29) is 12.6 Å². The molecule has 88 valence electrons. The number of rotatable bonds is 4. The van der Waals surface area contributed by atoms with Crippen molar-refractivity contribution in [2.45, 2.75) is 20.3 Å². The van der Waals surface area contributed by atoms with E-state index in [2.05, 4.69) is 10.6 Å². The van der Waals surface area contributed by atoms with Crippen LogP contribution in [0.3, 0.4) is 0 Å². The van der Waals surface area contributed by atoms with Crippen molar-refractivity contribution in [3.63, 3.8) is 0 Å². The second-order valence-electron chi connectivity index (χ2n) is 3.76. The topological polar surface area (TPSA) is 61.4 Å². The van der Waals surface area contributed by atoms with Gasteiger partial charge in [0, 0.05) is 18.8 Å². The van der Waals surface area contributed by atoms with Gasteiger partial charge in [0.2, 0.25) is 0 Å². The smallest absolute Gasteiger partial charge is 0.319 e. The lowest BCUT2D eigenvalue weighted by atomic mass is 10.1. The van der Waals surface area contributed by atoms with Crippen LogP contribution < -0.4 is 10.6 Å². The van der Waals surface area contributed by atoms with Crippen LogP contribution in [0.15, 0.2) is 18.2 Å². The van der Waals surface area contributed by atoms with Gasteiger partial charge < -0.3 is 15.7 Å². The summed E-state index contributed by atoms with van der Waals surface area (Å²) < 4.78 is 0. The number of hydrogen-bond acceptors (Lipinski definition) is 2. The van der Waals surface area contributed by atoms with E-state index in [9.17, 15) is 4.79 Å². The lowest BCUT2D eigenvalue weighted by Gasteiger charge is -2.08. The van der Waals surface area contributed by atoms with Crippen LogP contribution in [-0.2, 0) is 0 Å². The first-order valence-corrected chi connectivity index (χ1v) is 5.36. The monoisotopic (exact) mass is 222 g/mol. The Morgan fingerprint density at radius 2 is 2.06 bits per heavy atom. The molecule has 0 aromatic heterocycles. The summed E-state index contributed by atoms with van der Waals surface area (Å²) in [5.74, 6) is 0. The number of benzene rings is 1. The van der Waals surface area contributed by atoms with Gasteiger partial charge in [-0.3, -0.25) is 0 Å². The molecular formula is C12H18N2O2. The van der Waals surface area contributed by atoms with Gasteiger partial charge in [0.15, 0.2) is 0 Å². The number of carbonyl (C=O) groups excluding carboxylic acids is 1. The second kappa shape index (κ2) is 6.12. The minimum atomic E-state index is -0.239. The molecule has 0 unspecified atom stereocenters. The number of amides is 2. The van der Waals surface area contributed by atoms with Crippen molar-refractivity contribution in [2.75, 3.05) is 18.5 Å². The molecule has 0 aliphatic heterocycles. The van der Waals surface area contributed by atoms with E-state index in [0.717, 1.165) is 11.3 Å². The summed E-state index contributed by atoms with van der Waals surface area (Å²) >= 11 is 0. The maximum atomic E-state index is 11.4. The molecule has 1 rings (SSSR count). The molecule has 4 heteroatoms. The normalized spacial score (nSPS) is 9.94. The highest BCUT2D eigenvalue weighted by Crippen LogP contribution is 2.13. The third-order valence-corrected chi connectivity index (χ3v) is 2.39. The number of hydrogen-bond donors (Lipinski definition) is 3. The maximum absolute atomic E-state index is 11.4. The molecule has 2 amide bonds. The van der Waals surface area contributed by atoms with Gasteiger partial charge >= 0.3 is 6.03 Å². The van der Waals surface area contributed by atoms with Crippen LogP contribution in [0.5, 0.6) is 0 Å². The van der Waals surface area contributed by atoms with E-state index in [4.69, 9.17) is 5.11 Å². The minimum absolute atomic E-state index is 0.0872. The van der Waals surface area contributed by atoms with E-state index < -0.39 is 0 Å². The van der Waals surface area contributed by atoms with Crippen molar-refractivity contribution in [1.29, 1.82) is 0 Å². The second-order valence-corrected chi connectivity index (χ2v) is 3.76. The van der Waals surface area contributed by atoms with Gasteiger partial charge in [-0.1, -0.05) is 6.07 Å². The highest BCUT2D eigenvalue weighted by Gasteiger charge is 2.01. The Balaban J connectivity index is 2.46. The van der Waals surface area contributed by atoms with E-state index in [0.29, 0.717) is 13.0 Å². The molecule has 0 aliphatic rings. The molecule has 0 saturated heterocycles. The van der Waals surface area contributed by atoms with Gasteiger partial charge in [0.1, 0.15) is 0 Å². The Morgan fingerprint density at radius 1 is 1.31 bits per heavy atom. The van der Waals surface area contributed by atoms with Gasteiger partial charge in [-0.2, -0.15) is 0 Å². The van der Waals surface area contributed by atoms with Crippen molar-refractivity contribution in [2.24, 2.45) is 0 Å². The first-order chi connectivity index (χ1) is 7.63. The lowest BCUT2D eigenvalue weighted by molar-refractivity contribution is 0.249. The van der Waals surface area contributed by atoms with Gasteiger partial charge in [0.05, 0.1) is 0 Å². The predicted octanol–water partition coefficient (Wildman–Crippen LogP) is 1.81. The number of aliphatic hydroxyl groups is 1. The van der Waals surface area contributed by atoms with Crippen LogP contribution in [0.1, 0.15) is 17.5 Å². The van der Waals surface area contributed by atoms with Gasteiger partial charge in [0.25, 0.3) is 0 Å². The van der Waals surface area contributed by atoms with Crippen molar-refractivity contribution in [3.8, 4) is 0 Å². The molecule has 0 fully saturated rings. The predicted molar refractivity (Wildman–Crippen MR) is 64.6 cm³/mol. The number of aliphatic hydroxyl groups excluding tert-OH is 1. The standard InChI is InChI=1S/C12H18N2O2/c1-9-4-5-11(8-10(9)2)14-12(16)13-6-3-7-15/h4-5,8,15H,3,6-7H2,1-2H3,(H2,13,14,16). The zero-order chi connectivity index (χ0) is 12.0. The van der Waals surface area contributed by atoms with Gasteiger partial charge in [-0.15, -0.1) is 0 Å². The maximum Gasteiger partial charge on any atom is 0.319 e. The molecule has 4 nitrogen and oxygen atoms in total. The zero-order valence-corrected chi connectivity index (χ0v) is 9.71. The fourth-order valence-corrected chi connectivity index (χ4v) is 1.28. The van der Waals surface area contributed by atoms with Crippen LogP contribution >= 0.6 is 0 Å². The largest absolute Gasteiger partial charge is 0.396 e. The van der Waals surface area contributed by atoms with Gasteiger partial charge in [-0.25, -0.2) is 4.79 Å². The fourth-order valence-electron chi connectivity index (χ4n) is 1.28. The Kier molecular flexibility index (Phi) is 4.79. The summed E-state index contributed by atoms with van der Waals surface area (Å²) in [4.78, 5) is 11.4. The highest BCUT2D eigenvalue weighted by atomic mass is 16.3. The third-order valence-electron chi connectivity index (χ3n) is 2.39. The fraction of sp³-hybridized carbons (Fsp3) is 0.417. The summed E-state index contributed by atoms with van der Waals surface area (Å²) in [7, 11) is 0. The number of nitrogens with one attached hydrogen (secondary N) is 2. The number of aryl methyl sites for hydroxylation is 2.